The molecule has 0 radical (unpaired) electrons. The predicted octanol–water partition coefficient (Wildman–Crippen LogP) is 2.67. The number of thiophene rings is 1. The zero-order valence-corrected chi connectivity index (χ0v) is 13.5. The van der Waals surface area contributed by atoms with Gasteiger partial charge in [-0.05, 0) is 36.1 Å². The van der Waals surface area contributed by atoms with E-state index in [0.717, 1.165) is 11.3 Å². The third-order valence-corrected chi connectivity index (χ3v) is 6.30. The van der Waals surface area contributed by atoms with Crippen LogP contribution in [-0.4, -0.2) is 28.5 Å². The van der Waals surface area contributed by atoms with Crippen molar-refractivity contribution in [2.24, 2.45) is 0 Å². The number of carbonyl (C=O) groups excluding carboxylic acids is 1. The average Bonchev–Trinajstić information content (AvgIpc) is 3.01. The molecule has 0 N–H and O–H groups in total. The van der Waals surface area contributed by atoms with E-state index in [1.165, 1.54) is 18.5 Å². The number of sulfonamides is 1. The van der Waals surface area contributed by atoms with Gasteiger partial charge in [-0.3, -0.25) is 4.31 Å². The largest absolute Gasteiger partial charge is 0.465 e. The monoisotopic (exact) mass is 325 g/mol. The molecule has 1 aromatic carbocycles. The Labute approximate surface area is 127 Å². The second-order valence-corrected chi connectivity index (χ2v) is 7.49. The average molecular weight is 325 g/mol. The van der Waals surface area contributed by atoms with Crippen molar-refractivity contribution in [3.8, 4) is 0 Å². The van der Waals surface area contributed by atoms with E-state index in [2.05, 4.69) is 0 Å². The van der Waals surface area contributed by atoms with E-state index in [9.17, 15) is 13.2 Å². The molecule has 0 saturated carbocycles. The van der Waals surface area contributed by atoms with Crippen LogP contribution in [0.4, 0.5) is 5.69 Å². The Balaban J connectivity index is 2.50. The number of carbonyl (C=O) groups is 1. The number of benzene rings is 1. The smallest absolute Gasteiger partial charge is 0.338 e. The van der Waals surface area contributed by atoms with Crippen molar-refractivity contribution in [1.29, 1.82) is 0 Å². The van der Waals surface area contributed by atoms with E-state index in [4.69, 9.17) is 4.74 Å². The van der Waals surface area contributed by atoms with Crippen LogP contribution in [-0.2, 0) is 14.8 Å². The van der Waals surface area contributed by atoms with Crippen molar-refractivity contribution in [1.82, 2.24) is 0 Å². The number of hydrogen-bond acceptors (Lipinski definition) is 5. The van der Waals surface area contributed by atoms with Gasteiger partial charge in [0.1, 0.15) is 4.21 Å². The van der Waals surface area contributed by atoms with Gasteiger partial charge >= 0.3 is 5.97 Å². The molecule has 2 rings (SSSR count). The molecule has 5 nitrogen and oxygen atoms in total. The van der Waals surface area contributed by atoms with Crippen molar-refractivity contribution in [2.75, 3.05) is 18.5 Å². The van der Waals surface area contributed by atoms with E-state index in [1.807, 2.05) is 0 Å². The van der Waals surface area contributed by atoms with Gasteiger partial charge < -0.3 is 4.74 Å². The van der Waals surface area contributed by atoms with Crippen LogP contribution < -0.4 is 4.31 Å². The highest BCUT2D eigenvalue weighted by Gasteiger charge is 2.25. The van der Waals surface area contributed by atoms with Crippen molar-refractivity contribution >= 4 is 33.0 Å². The predicted molar refractivity (Wildman–Crippen MR) is 82.4 cm³/mol. The highest BCUT2D eigenvalue weighted by atomic mass is 32.2. The SMILES string of the molecule is COC(=O)c1cccc(N(C)S(=O)(=O)c2cccs2)c1C. The molecule has 0 spiro atoms. The Hall–Kier alpha value is -1.86. The summed E-state index contributed by atoms with van der Waals surface area (Å²) in [6.07, 6.45) is 0. The Morgan fingerprint density at radius 1 is 1.24 bits per heavy atom. The lowest BCUT2D eigenvalue weighted by atomic mass is 10.1. The minimum absolute atomic E-state index is 0.257. The highest BCUT2D eigenvalue weighted by Crippen LogP contribution is 2.29. The van der Waals surface area contributed by atoms with Gasteiger partial charge in [0.15, 0.2) is 0 Å². The fraction of sp³-hybridized carbons (Fsp3) is 0.214. The first-order valence-corrected chi connectivity index (χ1v) is 8.42. The third kappa shape index (κ3) is 2.79. The second-order valence-electron chi connectivity index (χ2n) is 4.35. The van der Waals surface area contributed by atoms with Crippen LogP contribution in [0.25, 0.3) is 0 Å². The van der Waals surface area contributed by atoms with Gasteiger partial charge in [0.25, 0.3) is 10.0 Å². The molecule has 2 aromatic rings. The molecule has 7 heteroatoms. The molecule has 0 atom stereocenters. The lowest BCUT2D eigenvalue weighted by Crippen LogP contribution is -2.27. The van der Waals surface area contributed by atoms with Gasteiger partial charge in [0.2, 0.25) is 0 Å². The van der Waals surface area contributed by atoms with Crippen LogP contribution in [0, 0.1) is 6.92 Å². The minimum atomic E-state index is -3.62. The van der Waals surface area contributed by atoms with E-state index in [-0.39, 0.29) is 4.21 Å². The summed E-state index contributed by atoms with van der Waals surface area (Å²) in [5.74, 6) is -0.490. The maximum absolute atomic E-state index is 12.5. The minimum Gasteiger partial charge on any atom is -0.465 e. The Bertz CT molecular complexity index is 751. The quantitative estimate of drug-likeness (QED) is 0.811. The lowest BCUT2D eigenvalue weighted by molar-refractivity contribution is 0.0600. The summed E-state index contributed by atoms with van der Waals surface area (Å²) < 4.78 is 31.2. The number of hydrogen-bond donors (Lipinski definition) is 0. The molecule has 0 aliphatic heterocycles. The van der Waals surface area contributed by atoms with Gasteiger partial charge in [-0.2, -0.15) is 0 Å². The van der Waals surface area contributed by atoms with E-state index >= 15 is 0 Å². The lowest BCUT2D eigenvalue weighted by Gasteiger charge is -2.21. The summed E-state index contributed by atoms with van der Waals surface area (Å²) >= 11 is 1.15. The molecule has 0 saturated heterocycles. The fourth-order valence-electron chi connectivity index (χ4n) is 1.97. The first kappa shape index (κ1) is 15.5. The topological polar surface area (TPSA) is 63.7 Å². The van der Waals surface area contributed by atoms with Crippen molar-refractivity contribution in [3.63, 3.8) is 0 Å². The molecule has 112 valence electrons. The van der Waals surface area contributed by atoms with Crippen molar-refractivity contribution in [2.45, 2.75) is 11.1 Å². The molecule has 0 unspecified atom stereocenters. The number of anilines is 1. The third-order valence-electron chi connectivity index (χ3n) is 3.16. The van der Waals surface area contributed by atoms with Gasteiger partial charge in [0.05, 0.1) is 18.4 Å². The summed E-state index contributed by atoms with van der Waals surface area (Å²) in [7, 11) is -0.858. The summed E-state index contributed by atoms with van der Waals surface area (Å²) in [4.78, 5) is 11.7. The Morgan fingerprint density at radius 3 is 2.52 bits per heavy atom. The molecular weight excluding hydrogens is 310 g/mol. The maximum Gasteiger partial charge on any atom is 0.338 e. The highest BCUT2D eigenvalue weighted by molar-refractivity contribution is 7.94. The van der Waals surface area contributed by atoms with Crippen LogP contribution in [0.1, 0.15) is 15.9 Å². The first-order chi connectivity index (χ1) is 9.89. The first-order valence-electron chi connectivity index (χ1n) is 6.10. The summed E-state index contributed by atoms with van der Waals surface area (Å²) in [6.45, 7) is 1.70. The Morgan fingerprint density at radius 2 is 1.95 bits per heavy atom. The van der Waals surface area contributed by atoms with E-state index in [1.54, 1.807) is 42.6 Å². The second kappa shape index (κ2) is 5.87. The normalized spacial score (nSPS) is 11.2. The zero-order valence-electron chi connectivity index (χ0n) is 11.9. The number of ether oxygens (including phenoxy) is 1. The van der Waals surface area contributed by atoms with Gasteiger partial charge in [-0.1, -0.05) is 12.1 Å². The molecule has 0 bridgehead atoms. The molecule has 0 amide bonds. The zero-order chi connectivity index (χ0) is 15.6. The molecule has 0 aliphatic carbocycles. The standard InChI is InChI=1S/C14H15NO4S2/c1-10-11(14(16)19-3)6-4-7-12(10)15(2)21(17,18)13-8-5-9-20-13/h4-9H,1-3H3. The van der Waals surface area contributed by atoms with E-state index in [0.29, 0.717) is 16.8 Å². The van der Waals surface area contributed by atoms with Crippen LogP contribution in [0.15, 0.2) is 39.9 Å². The molecular formula is C14H15NO4S2. The summed E-state index contributed by atoms with van der Waals surface area (Å²) in [5, 5.41) is 1.71. The van der Waals surface area contributed by atoms with Crippen molar-refractivity contribution in [3.05, 3.63) is 46.8 Å². The molecule has 1 aromatic heterocycles. The molecule has 21 heavy (non-hydrogen) atoms. The van der Waals surface area contributed by atoms with Gasteiger partial charge in [-0.25, -0.2) is 13.2 Å². The molecule has 0 fully saturated rings. The van der Waals surface area contributed by atoms with Crippen LogP contribution >= 0.6 is 11.3 Å². The van der Waals surface area contributed by atoms with Crippen LogP contribution in [0.2, 0.25) is 0 Å². The van der Waals surface area contributed by atoms with Gasteiger partial charge in [0, 0.05) is 7.05 Å². The number of methoxy groups -OCH3 is 1. The Kier molecular flexibility index (Phi) is 4.34. The molecule has 0 aliphatic rings. The van der Waals surface area contributed by atoms with Gasteiger partial charge in [-0.15, -0.1) is 11.3 Å². The maximum atomic E-state index is 12.5. The fourth-order valence-corrected chi connectivity index (χ4v) is 4.38. The van der Waals surface area contributed by atoms with Crippen molar-refractivity contribution < 1.29 is 17.9 Å². The number of nitrogens with zero attached hydrogens (tertiary/aromatic N) is 1. The van der Waals surface area contributed by atoms with Crippen LogP contribution in [0.3, 0.4) is 0 Å². The van der Waals surface area contributed by atoms with Crippen LogP contribution in [0.5, 0.6) is 0 Å². The summed E-state index contributed by atoms with van der Waals surface area (Å²) in [6, 6.07) is 8.14. The summed E-state index contributed by atoms with van der Waals surface area (Å²) in [5.41, 5.74) is 1.36. The van der Waals surface area contributed by atoms with E-state index < -0.39 is 16.0 Å². The number of esters is 1. The number of rotatable bonds is 4. The molecule has 1 heterocycles.